The minimum atomic E-state index is -0.445. The molecular weight excluding hydrogens is 261 g/mol. The minimum Gasteiger partial charge on any atom is -0.462 e. The fraction of sp³-hybridized carbons (Fsp3) is 0.167. The average Bonchev–Trinajstić information content (AvgIpc) is 2.29. The van der Waals surface area contributed by atoms with Crippen molar-refractivity contribution in [1.29, 1.82) is 0 Å². The molecular formula is C12H9Cl2NO2. The second kappa shape index (κ2) is 4.90. The van der Waals surface area contributed by atoms with Gasteiger partial charge in [-0.15, -0.1) is 0 Å². The molecule has 1 heterocycles. The molecule has 0 N–H and O–H groups in total. The van der Waals surface area contributed by atoms with Crippen molar-refractivity contribution in [2.45, 2.75) is 6.92 Å². The van der Waals surface area contributed by atoms with E-state index in [1.165, 1.54) is 6.20 Å². The van der Waals surface area contributed by atoms with Crippen LogP contribution in [0.1, 0.15) is 17.3 Å². The predicted molar refractivity (Wildman–Crippen MR) is 67.7 cm³/mol. The number of rotatable bonds is 2. The number of fused-ring (bicyclic) bond motifs is 1. The van der Waals surface area contributed by atoms with E-state index in [1.807, 2.05) is 0 Å². The molecule has 0 spiro atoms. The first-order chi connectivity index (χ1) is 8.11. The number of hydrogen-bond acceptors (Lipinski definition) is 3. The Morgan fingerprint density at radius 3 is 2.82 bits per heavy atom. The molecule has 0 saturated carbocycles. The number of pyridine rings is 1. The third kappa shape index (κ3) is 2.51. The van der Waals surface area contributed by atoms with E-state index in [9.17, 15) is 4.79 Å². The quantitative estimate of drug-likeness (QED) is 0.781. The maximum Gasteiger partial charge on any atom is 0.339 e. The highest BCUT2D eigenvalue weighted by Crippen LogP contribution is 2.25. The maximum atomic E-state index is 11.6. The van der Waals surface area contributed by atoms with Crippen LogP contribution in [0.15, 0.2) is 24.4 Å². The molecule has 2 aromatic rings. The van der Waals surface area contributed by atoms with Gasteiger partial charge in [0.1, 0.15) is 0 Å². The average molecular weight is 270 g/mol. The summed E-state index contributed by atoms with van der Waals surface area (Å²) in [4.78, 5) is 15.8. The third-order valence-corrected chi connectivity index (χ3v) is 2.75. The van der Waals surface area contributed by atoms with Crippen LogP contribution in [0.3, 0.4) is 0 Å². The Hall–Kier alpha value is -1.32. The standard InChI is InChI=1S/C12H9Cl2NO2/c1-2-17-12(16)9-4-7-3-8(13)6-15-11(7)5-10(9)14/h3-6H,2H2,1H3. The summed E-state index contributed by atoms with van der Waals surface area (Å²) in [5.41, 5.74) is 1.01. The van der Waals surface area contributed by atoms with Gasteiger partial charge in [0.05, 0.1) is 27.7 Å². The molecule has 0 atom stereocenters. The van der Waals surface area contributed by atoms with Crippen molar-refractivity contribution >= 4 is 40.1 Å². The van der Waals surface area contributed by atoms with Gasteiger partial charge in [-0.2, -0.15) is 0 Å². The van der Waals surface area contributed by atoms with Gasteiger partial charge in [-0.3, -0.25) is 4.98 Å². The van der Waals surface area contributed by atoms with Crippen LogP contribution < -0.4 is 0 Å². The van der Waals surface area contributed by atoms with E-state index in [4.69, 9.17) is 27.9 Å². The molecule has 0 amide bonds. The smallest absolute Gasteiger partial charge is 0.339 e. The zero-order valence-corrected chi connectivity index (χ0v) is 10.5. The van der Waals surface area contributed by atoms with Gasteiger partial charge in [-0.05, 0) is 25.1 Å². The van der Waals surface area contributed by atoms with Crippen molar-refractivity contribution in [3.05, 3.63) is 40.0 Å². The van der Waals surface area contributed by atoms with Gasteiger partial charge >= 0.3 is 5.97 Å². The highest BCUT2D eigenvalue weighted by atomic mass is 35.5. The number of aromatic nitrogens is 1. The van der Waals surface area contributed by atoms with Crippen LogP contribution >= 0.6 is 23.2 Å². The number of hydrogen-bond donors (Lipinski definition) is 0. The number of carbonyl (C=O) groups excluding carboxylic acids is 1. The first-order valence-corrected chi connectivity index (χ1v) is 5.79. The van der Waals surface area contributed by atoms with Crippen LogP contribution in [0.25, 0.3) is 10.9 Å². The van der Waals surface area contributed by atoms with Crippen molar-refractivity contribution in [3.63, 3.8) is 0 Å². The summed E-state index contributed by atoms with van der Waals surface area (Å²) in [5.74, 6) is -0.445. The molecule has 0 aliphatic rings. The summed E-state index contributed by atoms with van der Waals surface area (Å²) in [6.07, 6.45) is 1.53. The molecule has 0 aliphatic heterocycles. The van der Waals surface area contributed by atoms with E-state index in [-0.39, 0.29) is 0 Å². The van der Waals surface area contributed by atoms with E-state index in [0.29, 0.717) is 27.7 Å². The molecule has 3 nitrogen and oxygen atoms in total. The molecule has 0 radical (unpaired) electrons. The van der Waals surface area contributed by atoms with E-state index in [2.05, 4.69) is 4.98 Å². The van der Waals surface area contributed by atoms with Crippen LogP contribution in [0, 0.1) is 0 Å². The van der Waals surface area contributed by atoms with Gasteiger partial charge < -0.3 is 4.74 Å². The lowest BCUT2D eigenvalue weighted by atomic mass is 10.1. The molecule has 2 rings (SSSR count). The summed E-state index contributed by atoms with van der Waals surface area (Å²) < 4.78 is 4.91. The molecule has 0 aliphatic carbocycles. The zero-order chi connectivity index (χ0) is 12.4. The summed E-state index contributed by atoms with van der Waals surface area (Å²) in [7, 11) is 0. The molecule has 0 fully saturated rings. The number of benzene rings is 1. The molecule has 1 aromatic carbocycles. The summed E-state index contributed by atoms with van der Waals surface area (Å²) in [6, 6.07) is 4.98. The van der Waals surface area contributed by atoms with Gasteiger partial charge in [-0.25, -0.2) is 4.79 Å². The normalized spacial score (nSPS) is 10.5. The number of carbonyl (C=O) groups is 1. The number of esters is 1. The van der Waals surface area contributed by atoms with Crippen LogP contribution in [-0.2, 0) is 4.74 Å². The van der Waals surface area contributed by atoms with Crippen LogP contribution in [-0.4, -0.2) is 17.6 Å². The largest absolute Gasteiger partial charge is 0.462 e. The topological polar surface area (TPSA) is 39.2 Å². The lowest BCUT2D eigenvalue weighted by Crippen LogP contribution is -2.05. The van der Waals surface area contributed by atoms with Gasteiger partial charge in [0.25, 0.3) is 0 Å². The summed E-state index contributed by atoms with van der Waals surface area (Å²) >= 11 is 11.8. The number of halogens is 2. The fourth-order valence-corrected chi connectivity index (χ4v) is 1.89. The first-order valence-electron chi connectivity index (χ1n) is 5.03. The Labute approximate surface area is 108 Å². The Bertz CT molecular complexity index is 584. The van der Waals surface area contributed by atoms with Crippen molar-refractivity contribution in [3.8, 4) is 0 Å². The van der Waals surface area contributed by atoms with Gasteiger partial charge in [0.2, 0.25) is 0 Å². The second-order valence-corrected chi connectivity index (χ2v) is 4.24. The van der Waals surface area contributed by atoms with E-state index >= 15 is 0 Å². The molecule has 1 aromatic heterocycles. The van der Waals surface area contributed by atoms with Gasteiger partial charge in [0, 0.05) is 11.6 Å². The third-order valence-electron chi connectivity index (χ3n) is 2.23. The van der Waals surface area contributed by atoms with Crippen molar-refractivity contribution in [2.24, 2.45) is 0 Å². The van der Waals surface area contributed by atoms with Crippen molar-refractivity contribution in [2.75, 3.05) is 6.61 Å². The molecule has 0 bridgehead atoms. The zero-order valence-electron chi connectivity index (χ0n) is 9.04. The summed E-state index contributed by atoms with van der Waals surface area (Å²) in [5, 5.41) is 1.59. The number of nitrogens with zero attached hydrogens (tertiary/aromatic N) is 1. The molecule has 0 saturated heterocycles. The molecule has 88 valence electrons. The Balaban J connectivity index is 2.57. The van der Waals surface area contributed by atoms with Crippen LogP contribution in [0.4, 0.5) is 0 Å². The Morgan fingerprint density at radius 2 is 2.12 bits per heavy atom. The minimum absolute atomic E-state index is 0.307. The number of ether oxygens (including phenoxy) is 1. The highest BCUT2D eigenvalue weighted by molar-refractivity contribution is 6.34. The Kier molecular flexibility index (Phi) is 3.50. The fourth-order valence-electron chi connectivity index (χ4n) is 1.49. The SMILES string of the molecule is CCOC(=O)c1cc2cc(Cl)cnc2cc1Cl. The van der Waals surface area contributed by atoms with E-state index < -0.39 is 5.97 Å². The molecule has 5 heteroatoms. The van der Waals surface area contributed by atoms with Crippen LogP contribution in [0.2, 0.25) is 10.0 Å². The van der Waals surface area contributed by atoms with E-state index in [1.54, 1.807) is 25.1 Å². The first kappa shape index (κ1) is 12.1. The maximum absolute atomic E-state index is 11.6. The van der Waals surface area contributed by atoms with Gasteiger partial charge in [-0.1, -0.05) is 23.2 Å². The Morgan fingerprint density at radius 1 is 1.35 bits per heavy atom. The monoisotopic (exact) mass is 269 g/mol. The summed E-state index contributed by atoms with van der Waals surface area (Å²) in [6.45, 7) is 2.05. The van der Waals surface area contributed by atoms with Crippen LogP contribution in [0.5, 0.6) is 0 Å². The molecule has 0 unspecified atom stereocenters. The van der Waals surface area contributed by atoms with E-state index in [0.717, 1.165) is 5.39 Å². The van der Waals surface area contributed by atoms with Gasteiger partial charge in [0.15, 0.2) is 0 Å². The lowest BCUT2D eigenvalue weighted by Gasteiger charge is -2.06. The molecule has 17 heavy (non-hydrogen) atoms. The highest BCUT2D eigenvalue weighted by Gasteiger charge is 2.13. The second-order valence-electron chi connectivity index (χ2n) is 3.40. The predicted octanol–water partition coefficient (Wildman–Crippen LogP) is 3.72. The lowest BCUT2D eigenvalue weighted by molar-refractivity contribution is 0.0527. The van der Waals surface area contributed by atoms with Crippen molar-refractivity contribution in [1.82, 2.24) is 4.98 Å². The van der Waals surface area contributed by atoms with Crippen molar-refractivity contribution < 1.29 is 9.53 Å².